The Kier molecular flexibility index (Phi) is 3.77. The number of anilines is 1. The minimum Gasteiger partial charge on any atom is -0.351 e. The summed E-state index contributed by atoms with van der Waals surface area (Å²) in [5, 5.41) is 1.04. The molecule has 0 amide bonds. The maximum atomic E-state index is 11.6. The highest BCUT2D eigenvalue weighted by Gasteiger charge is 2.20. The first-order valence-electron chi connectivity index (χ1n) is 8.49. The third-order valence-electron chi connectivity index (χ3n) is 4.88. The topological polar surface area (TPSA) is 33.2 Å². The van der Waals surface area contributed by atoms with Crippen molar-refractivity contribution in [2.24, 2.45) is 0 Å². The van der Waals surface area contributed by atoms with Crippen molar-refractivity contribution >= 4 is 23.0 Å². The van der Waals surface area contributed by atoms with Gasteiger partial charge < -0.3 is 4.90 Å². The number of hydrogen-bond donors (Lipinski definition) is 0. The van der Waals surface area contributed by atoms with Gasteiger partial charge in [0.05, 0.1) is 11.1 Å². The van der Waals surface area contributed by atoms with Gasteiger partial charge in [0.2, 0.25) is 0 Å². The van der Waals surface area contributed by atoms with Crippen molar-refractivity contribution in [2.75, 3.05) is 11.4 Å². The molecule has 1 aliphatic rings. The Morgan fingerprint density at radius 1 is 1.12 bits per heavy atom. The van der Waals surface area contributed by atoms with Crippen molar-refractivity contribution in [3.8, 4) is 0 Å². The maximum Gasteiger partial charge on any atom is 0.153 e. The molecule has 2 heterocycles. The SMILES string of the molecule is CCc1cccc2cc(C=O)c(N3CCc4ccccc4C3)nc12. The summed E-state index contributed by atoms with van der Waals surface area (Å²) in [7, 11) is 0. The number of carbonyl (C=O) groups is 1. The Morgan fingerprint density at radius 3 is 2.75 bits per heavy atom. The van der Waals surface area contributed by atoms with Crippen molar-refractivity contribution in [2.45, 2.75) is 26.3 Å². The fourth-order valence-electron chi connectivity index (χ4n) is 3.57. The number of hydrogen-bond acceptors (Lipinski definition) is 3. The van der Waals surface area contributed by atoms with Gasteiger partial charge in [-0.15, -0.1) is 0 Å². The van der Waals surface area contributed by atoms with Crippen LogP contribution >= 0.6 is 0 Å². The Balaban J connectivity index is 1.82. The first-order valence-corrected chi connectivity index (χ1v) is 8.49. The van der Waals surface area contributed by atoms with Gasteiger partial charge in [0.15, 0.2) is 6.29 Å². The highest BCUT2D eigenvalue weighted by molar-refractivity contribution is 5.93. The minimum atomic E-state index is 0.676. The summed E-state index contributed by atoms with van der Waals surface area (Å²) >= 11 is 0. The summed E-state index contributed by atoms with van der Waals surface area (Å²) in [6, 6.07) is 16.7. The number of fused-ring (bicyclic) bond motifs is 2. The van der Waals surface area contributed by atoms with E-state index in [1.165, 1.54) is 16.7 Å². The predicted octanol–water partition coefficient (Wildman–Crippen LogP) is 4.17. The molecule has 0 unspecified atom stereocenters. The normalized spacial score (nSPS) is 13.8. The van der Waals surface area contributed by atoms with Crippen LogP contribution in [0.2, 0.25) is 0 Å². The van der Waals surface area contributed by atoms with Crippen LogP contribution in [0.4, 0.5) is 5.82 Å². The number of pyridine rings is 1. The van der Waals surface area contributed by atoms with Gasteiger partial charge in [-0.25, -0.2) is 4.98 Å². The lowest BCUT2D eigenvalue weighted by Crippen LogP contribution is -2.31. The molecule has 0 aliphatic carbocycles. The summed E-state index contributed by atoms with van der Waals surface area (Å²) in [5.74, 6) is 0.813. The zero-order valence-electron chi connectivity index (χ0n) is 13.8. The predicted molar refractivity (Wildman–Crippen MR) is 97.7 cm³/mol. The second-order valence-corrected chi connectivity index (χ2v) is 6.30. The van der Waals surface area contributed by atoms with Gasteiger partial charge in [-0.1, -0.05) is 49.4 Å². The van der Waals surface area contributed by atoms with Gasteiger partial charge in [-0.05, 0) is 35.6 Å². The lowest BCUT2D eigenvalue weighted by molar-refractivity contribution is 0.112. The molecule has 0 saturated carbocycles. The van der Waals surface area contributed by atoms with Crippen LogP contribution < -0.4 is 4.90 Å². The molecule has 1 aliphatic heterocycles. The number of carbonyl (C=O) groups excluding carboxylic acids is 1. The Hall–Kier alpha value is -2.68. The molecule has 0 saturated heterocycles. The zero-order valence-corrected chi connectivity index (χ0v) is 13.8. The molecule has 4 rings (SSSR count). The molecule has 3 nitrogen and oxygen atoms in total. The first kappa shape index (κ1) is 14.9. The number of nitrogens with zero attached hydrogens (tertiary/aromatic N) is 2. The summed E-state index contributed by atoms with van der Waals surface area (Å²) in [4.78, 5) is 18.8. The van der Waals surface area contributed by atoms with Gasteiger partial charge in [-0.2, -0.15) is 0 Å². The largest absolute Gasteiger partial charge is 0.351 e. The van der Waals surface area contributed by atoms with Gasteiger partial charge in [0.25, 0.3) is 0 Å². The van der Waals surface area contributed by atoms with E-state index in [0.29, 0.717) is 5.56 Å². The van der Waals surface area contributed by atoms with Gasteiger partial charge in [-0.3, -0.25) is 4.79 Å². The van der Waals surface area contributed by atoms with E-state index < -0.39 is 0 Å². The van der Waals surface area contributed by atoms with E-state index in [0.717, 1.165) is 48.9 Å². The minimum absolute atomic E-state index is 0.676. The number of aromatic nitrogens is 1. The molecular formula is C21H20N2O. The third-order valence-corrected chi connectivity index (χ3v) is 4.88. The van der Waals surface area contributed by atoms with Crippen LogP contribution in [0.3, 0.4) is 0 Å². The van der Waals surface area contributed by atoms with Crippen LogP contribution in [0.1, 0.15) is 34.0 Å². The van der Waals surface area contributed by atoms with E-state index in [9.17, 15) is 4.79 Å². The molecular weight excluding hydrogens is 296 g/mol. The fraction of sp³-hybridized carbons (Fsp3) is 0.238. The van der Waals surface area contributed by atoms with Crippen LogP contribution in [-0.2, 0) is 19.4 Å². The van der Waals surface area contributed by atoms with E-state index >= 15 is 0 Å². The highest BCUT2D eigenvalue weighted by atomic mass is 16.1. The van der Waals surface area contributed by atoms with Crippen LogP contribution in [0.5, 0.6) is 0 Å². The van der Waals surface area contributed by atoms with Crippen molar-refractivity contribution in [3.63, 3.8) is 0 Å². The lowest BCUT2D eigenvalue weighted by Gasteiger charge is -2.30. The molecule has 120 valence electrons. The first-order chi connectivity index (χ1) is 11.8. The van der Waals surface area contributed by atoms with E-state index in [-0.39, 0.29) is 0 Å². The quantitative estimate of drug-likeness (QED) is 0.680. The van der Waals surface area contributed by atoms with Gasteiger partial charge >= 0.3 is 0 Å². The van der Waals surface area contributed by atoms with Gasteiger partial charge in [0, 0.05) is 18.5 Å². The summed E-state index contributed by atoms with van der Waals surface area (Å²) in [6.07, 6.45) is 2.86. The van der Waals surface area contributed by atoms with Gasteiger partial charge in [0.1, 0.15) is 5.82 Å². The summed E-state index contributed by atoms with van der Waals surface area (Å²) in [5.41, 5.74) is 5.64. The molecule has 0 spiro atoms. The zero-order chi connectivity index (χ0) is 16.5. The van der Waals surface area contributed by atoms with Crippen molar-refractivity contribution in [1.82, 2.24) is 4.98 Å². The number of rotatable bonds is 3. The molecule has 3 aromatic rings. The number of aldehydes is 1. The average Bonchev–Trinajstić information content (AvgIpc) is 2.66. The maximum absolute atomic E-state index is 11.6. The monoisotopic (exact) mass is 316 g/mol. The fourth-order valence-corrected chi connectivity index (χ4v) is 3.57. The number of para-hydroxylation sites is 1. The highest BCUT2D eigenvalue weighted by Crippen LogP contribution is 2.29. The number of aryl methyl sites for hydroxylation is 1. The molecule has 0 bridgehead atoms. The van der Waals surface area contributed by atoms with Crippen LogP contribution in [0.15, 0.2) is 48.5 Å². The standard InChI is InChI=1S/C21H20N2O/c1-2-15-8-5-9-17-12-19(14-24)21(22-20(15)17)23-11-10-16-6-3-4-7-18(16)13-23/h3-9,12,14H,2,10-11,13H2,1H3. The lowest BCUT2D eigenvalue weighted by atomic mass is 9.99. The summed E-state index contributed by atoms with van der Waals surface area (Å²) < 4.78 is 0. The second kappa shape index (κ2) is 6.08. The Morgan fingerprint density at radius 2 is 1.96 bits per heavy atom. The molecule has 1 aromatic heterocycles. The van der Waals surface area contributed by atoms with Crippen LogP contribution in [-0.4, -0.2) is 17.8 Å². The molecule has 0 radical (unpaired) electrons. The van der Waals surface area contributed by atoms with Crippen molar-refractivity contribution in [1.29, 1.82) is 0 Å². The number of benzene rings is 2. The third kappa shape index (κ3) is 2.46. The molecule has 0 fully saturated rings. The smallest absolute Gasteiger partial charge is 0.153 e. The Bertz CT molecular complexity index is 917. The summed E-state index contributed by atoms with van der Waals surface area (Å²) in [6.45, 7) is 3.84. The van der Waals surface area contributed by atoms with Crippen molar-refractivity contribution in [3.05, 3.63) is 70.8 Å². The van der Waals surface area contributed by atoms with E-state index in [1.54, 1.807) is 0 Å². The van der Waals surface area contributed by atoms with Crippen molar-refractivity contribution < 1.29 is 4.79 Å². The molecule has 0 N–H and O–H groups in total. The molecule has 0 atom stereocenters. The molecule has 24 heavy (non-hydrogen) atoms. The van der Waals surface area contributed by atoms with E-state index in [2.05, 4.69) is 42.2 Å². The Labute approximate surface area is 141 Å². The van der Waals surface area contributed by atoms with E-state index in [1.807, 2.05) is 18.2 Å². The van der Waals surface area contributed by atoms with Crippen LogP contribution in [0, 0.1) is 0 Å². The average molecular weight is 316 g/mol. The molecule has 2 aromatic carbocycles. The van der Waals surface area contributed by atoms with E-state index in [4.69, 9.17) is 4.98 Å². The van der Waals surface area contributed by atoms with Crippen LogP contribution in [0.25, 0.3) is 10.9 Å². The second-order valence-electron chi connectivity index (χ2n) is 6.30. The molecule has 3 heteroatoms.